The number of ether oxygens (including phenoxy) is 1. The van der Waals surface area contributed by atoms with Crippen LogP contribution in [0.1, 0.15) is 37.7 Å². The Morgan fingerprint density at radius 1 is 0.971 bits per heavy atom. The van der Waals surface area contributed by atoms with Crippen molar-refractivity contribution in [3.8, 4) is 5.75 Å². The van der Waals surface area contributed by atoms with E-state index in [1.807, 2.05) is 0 Å². The van der Waals surface area contributed by atoms with Crippen molar-refractivity contribution in [2.24, 2.45) is 5.92 Å². The Labute approximate surface area is 202 Å². The summed E-state index contributed by atoms with van der Waals surface area (Å²) < 4.78 is 90.0. The topological polar surface area (TPSA) is 80.8 Å². The standard InChI is InChI=1S/C23H24ClF2NO5S2/c24-16-3-5-17(6-4-16)33(28,29)23-10-9-18(34(30,31)27-11-1-2-12-27)13-15(23)14-32-22-20(26)8-7-19(25)21(22)23/h3-8,15,18H,1-2,9-14H2/t15-,18?,23+/m0/s1. The van der Waals surface area contributed by atoms with Crippen LogP contribution in [0.3, 0.4) is 0 Å². The highest BCUT2D eigenvalue weighted by Gasteiger charge is 2.61. The van der Waals surface area contributed by atoms with Gasteiger partial charge in [-0.3, -0.25) is 0 Å². The molecule has 0 bridgehead atoms. The maximum absolute atomic E-state index is 15.3. The van der Waals surface area contributed by atoms with Crippen LogP contribution in [-0.2, 0) is 24.6 Å². The third-order valence-corrected chi connectivity index (χ3v) is 12.6. The third-order valence-electron chi connectivity index (χ3n) is 7.41. The van der Waals surface area contributed by atoms with E-state index in [9.17, 15) is 21.2 Å². The highest BCUT2D eigenvalue weighted by molar-refractivity contribution is 7.92. The quantitative estimate of drug-likeness (QED) is 0.588. The van der Waals surface area contributed by atoms with Crippen molar-refractivity contribution in [1.29, 1.82) is 0 Å². The van der Waals surface area contributed by atoms with E-state index in [0.29, 0.717) is 18.1 Å². The van der Waals surface area contributed by atoms with Gasteiger partial charge in [-0.1, -0.05) is 11.6 Å². The minimum atomic E-state index is -4.29. The predicted molar refractivity (Wildman–Crippen MR) is 123 cm³/mol. The lowest BCUT2D eigenvalue weighted by atomic mass is 9.73. The molecule has 1 unspecified atom stereocenters. The van der Waals surface area contributed by atoms with E-state index < -0.39 is 53.2 Å². The highest BCUT2D eigenvalue weighted by atomic mass is 35.5. The van der Waals surface area contributed by atoms with Gasteiger partial charge in [0.1, 0.15) is 10.6 Å². The molecule has 0 spiro atoms. The van der Waals surface area contributed by atoms with Crippen LogP contribution in [-0.4, -0.2) is 46.1 Å². The maximum Gasteiger partial charge on any atom is 0.216 e. The minimum Gasteiger partial charge on any atom is -0.490 e. The third kappa shape index (κ3) is 3.48. The van der Waals surface area contributed by atoms with Crippen LogP contribution >= 0.6 is 11.6 Å². The Balaban J connectivity index is 1.66. The van der Waals surface area contributed by atoms with Crippen molar-refractivity contribution in [2.75, 3.05) is 19.7 Å². The van der Waals surface area contributed by atoms with Gasteiger partial charge in [-0.2, -0.15) is 0 Å². The molecule has 2 aliphatic heterocycles. The first-order chi connectivity index (χ1) is 16.1. The van der Waals surface area contributed by atoms with Gasteiger partial charge in [0.2, 0.25) is 10.0 Å². The smallest absolute Gasteiger partial charge is 0.216 e. The molecule has 2 heterocycles. The SMILES string of the molecule is O=S(=O)(C1CC[C@]2(S(=O)(=O)c3ccc(Cl)cc3)c3c(F)ccc(F)c3OC[C@@H]2C1)N1CCCC1. The lowest BCUT2D eigenvalue weighted by Gasteiger charge is -2.49. The summed E-state index contributed by atoms with van der Waals surface area (Å²) in [4.78, 5) is -0.0840. The molecule has 184 valence electrons. The van der Waals surface area contributed by atoms with Gasteiger partial charge < -0.3 is 4.74 Å². The Hall–Kier alpha value is -1.75. The van der Waals surface area contributed by atoms with Crippen molar-refractivity contribution in [2.45, 2.75) is 47.0 Å². The summed E-state index contributed by atoms with van der Waals surface area (Å²) in [5.41, 5.74) is -0.351. The van der Waals surface area contributed by atoms with Gasteiger partial charge >= 0.3 is 0 Å². The number of hydrogen-bond acceptors (Lipinski definition) is 5. The average Bonchev–Trinajstić information content (AvgIpc) is 3.37. The maximum atomic E-state index is 15.3. The van der Waals surface area contributed by atoms with Gasteiger partial charge in [0.15, 0.2) is 21.4 Å². The molecule has 1 aliphatic carbocycles. The number of fused-ring (bicyclic) bond motifs is 3. The molecule has 2 fully saturated rings. The van der Waals surface area contributed by atoms with E-state index in [4.69, 9.17) is 16.3 Å². The largest absolute Gasteiger partial charge is 0.490 e. The zero-order chi connectivity index (χ0) is 24.3. The summed E-state index contributed by atoms with van der Waals surface area (Å²) in [6.07, 6.45) is 1.38. The van der Waals surface area contributed by atoms with Crippen molar-refractivity contribution in [3.63, 3.8) is 0 Å². The van der Waals surface area contributed by atoms with Crippen LogP contribution < -0.4 is 4.74 Å². The minimum absolute atomic E-state index is 0.0115. The second-order valence-electron chi connectivity index (χ2n) is 9.14. The molecule has 1 saturated heterocycles. The average molecular weight is 532 g/mol. The molecule has 2 aromatic carbocycles. The van der Waals surface area contributed by atoms with Gasteiger partial charge in [-0.15, -0.1) is 0 Å². The number of nitrogens with zero attached hydrogens (tertiary/aromatic N) is 1. The fourth-order valence-corrected chi connectivity index (χ4v) is 10.3. The number of sulfonamides is 1. The lowest BCUT2D eigenvalue weighted by molar-refractivity contribution is 0.125. The second-order valence-corrected chi connectivity index (χ2v) is 14.0. The van der Waals surface area contributed by atoms with Crippen LogP contribution in [0.5, 0.6) is 5.75 Å². The molecule has 3 atom stereocenters. The predicted octanol–water partition coefficient (Wildman–Crippen LogP) is 4.27. The van der Waals surface area contributed by atoms with Gasteiger partial charge in [-0.25, -0.2) is 29.9 Å². The van der Waals surface area contributed by atoms with Crippen LogP contribution in [0, 0.1) is 17.6 Å². The molecule has 1 saturated carbocycles. The molecule has 0 N–H and O–H groups in total. The first kappa shape index (κ1) is 24.0. The summed E-state index contributed by atoms with van der Waals surface area (Å²) in [7, 11) is -7.95. The van der Waals surface area contributed by atoms with Crippen molar-refractivity contribution >= 4 is 31.5 Å². The first-order valence-corrected chi connectivity index (χ1v) is 14.6. The fourth-order valence-electron chi connectivity index (χ4n) is 5.73. The zero-order valence-corrected chi connectivity index (χ0v) is 20.6. The van der Waals surface area contributed by atoms with Crippen molar-refractivity contribution in [1.82, 2.24) is 4.31 Å². The number of sulfone groups is 1. The molecular weight excluding hydrogens is 508 g/mol. The monoisotopic (exact) mass is 531 g/mol. The van der Waals surface area contributed by atoms with E-state index in [0.717, 1.165) is 25.0 Å². The molecule has 0 aromatic heterocycles. The fraction of sp³-hybridized carbons (Fsp3) is 0.478. The molecular formula is C23H24ClF2NO5S2. The summed E-state index contributed by atoms with van der Waals surface area (Å²) in [6.45, 7) is 0.653. The van der Waals surface area contributed by atoms with Gasteiger partial charge in [0.25, 0.3) is 0 Å². The summed E-state index contributed by atoms with van der Waals surface area (Å²) in [5.74, 6) is -3.05. The number of rotatable bonds is 4. The normalized spacial score (nSPS) is 27.6. The Bertz CT molecular complexity index is 1330. The van der Waals surface area contributed by atoms with Crippen molar-refractivity contribution < 1.29 is 30.4 Å². The molecule has 2 aromatic rings. The summed E-state index contributed by atoms with van der Waals surface area (Å²) >= 11 is 5.95. The Morgan fingerprint density at radius 3 is 2.29 bits per heavy atom. The Morgan fingerprint density at radius 2 is 1.62 bits per heavy atom. The zero-order valence-electron chi connectivity index (χ0n) is 18.2. The molecule has 0 radical (unpaired) electrons. The van der Waals surface area contributed by atoms with Gasteiger partial charge in [0, 0.05) is 24.0 Å². The van der Waals surface area contributed by atoms with E-state index >= 15 is 4.39 Å². The van der Waals surface area contributed by atoms with E-state index in [1.165, 1.54) is 28.6 Å². The van der Waals surface area contributed by atoms with E-state index in [2.05, 4.69) is 0 Å². The van der Waals surface area contributed by atoms with Crippen LogP contribution in [0.2, 0.25) is 5.02 Å². The van der Waals surface area contributed by atoms with E-state index in [-0.39, 0.29) is 36.3 Å². The van der Waals surface area contributed by atoms with Gasteiger partial charge in [0.05, 0.1) is 22.3 Å². The first-order valence-electron chi connectivity index (χ1n) is 11.2. The molecule has 6 nitrogen and oxygen atoms in total. The molecule has 3 aliphatic rings. The molecule has 5 rings (SSSR count). The van der Waals surface area contributed by atoms with Crippen LogP contribution in [0.25, 0.3) is 0 Å². The summed E-state index contributed by atoms with van der Waals surface area (Å²) in [6, 6.07) is 7.32. The van der Waals surface area contributed by atoms with Gasteiger partial charge in [-0.05, 0) is 68.5 Å². The second kappa shape index (κ2) is 8.43. The number of hydrogen-bond donors (Lipinski definition) is 0. The summed E-state index contributed by atoms with van der Waals surface area (Å²) in [5, 5.41) is -0.482. The number of halogens is 3. The Kier molecular flexibility index (Phi) is 5.94. The lowest BCUT2D eigenvalue weighted by Crippen LogP contribution is -2.55. The number of benzene rings is 2. The highest BCUT2D eigenvalue weighted by Crippen LogP contribution is 2.57. The van der Waals surface area contributed by atoms with E-state index in [1.54, 1.807) is 0 Å². The molecule has 34 heavy (non-hydrogen) atoms. The van der Waals surface area contributed by atoms with Crippen molar-refractivity contribution in [3.05, 3.63) is 58.6 Å². The molecule has 0 amide bonds. The van der Waals surface area contributed by atoms with Crippen LogP contribution in [0.4, 0.5) is 8.78 Å². The van der Waals surface area contributed by atoms with Crippen LogP contribution in [0.15, 0.2) is 41.3 Å². The molecule has 11 heteroatoms.